The Labute approximate surface area is 247 Å². The lowest BCUT2D eigenvalue weighted by atomic mass is 9.78. The van der Waals surface area contributed by atoms with E-state index in [-0.39, 0.29) is 35.6 Å². The number of likely N-dealkylation sites (tertiary alicyclic amines) is 1. The smallest absolute Gasteiger partial charge is 0.311 e. The molecule has 4 heterocycles. The maximum Gasteiger partial charge on any atom is 0.311 e. The molecule has 2 saturated heterocycles. The van der Waals surface area contributed by atoms with Crippen molar-refractivity contribution < 1.29 is 24.2 Å². The van der Waals surface area contributed by atoms with E-state index in [1.54, 1.807) is 21.6 Å². The number of aliphatic hydroxyl groups is 1. The first-order valence-electron chi connectivity index (χ1n) is 15.1. The van der Waals surface area contributed by atoms with Gasteiger partial charge in [0.1, 0.15) is 6.04 Å². The van der Waals surface area contributed by atoms with Crippen LogP contribution in [0.5, 0.6) is 0 Å². The Hall–Kier alpha value is -2.78. The number of fused-ring (bicyclic) bond motifs is 2. The quantitative estimate of drug-likeness (QED) is 0.366. The molecule has 1 N–H and O–H groups in total. The van der Waals surface area contributed by atoms with Crippen LogP contribution in [-0.4, -0.2) is 82.7 Å². The van der Waals surface area contributed by atoms with Gasteiger partial charge in [-0.25, -0.2) is 0 Å². The van der Waals surface area contributed by atoms with Gasteiger partial charge in [-0.15, -0.1) is 11.8 Å². The van der Waals surface area contributed by atoms with Gasteiger partial charge in [0.15, 0.2) is 0 Å². The normalized spacial score (nSPS) is 31.7. The average molecular weight is 582 g/mol. The molecule has 0 bridgehead atoms. The number of aliphatic hydroxyl groups excluding tert-OH is 1. The molecule has 222 valence electrons. The fourth-order valence-corrected chi connectivity index (χ4v) is 9.02. The Morgan fingerprint density at radius 2 is 1.83 bits per heavy atom. The summed E-state index contributed by atoms with van der Waals surface area (Å²) in [5, 5.41) is 10.3. The van der Waals surface area contributed by atoms with Crippen LogP contribution in [0.1, 0.15) is 47.0 Å². The van der Waals surface area contributed by atoms with Gasteiger partial charge in [0.05, 0.1) is 35.8 Å². The van der Waals surface area contributed by atoms with Gasteiger partial charge in [0.2, 0.25) is 5.91 Å². The third kappa shape index (κ3) is 4.99. The number of carbonyl (C=O) groups excluding carboxylic acids is 3. The van der Waals surface area contributed by atoms with Crippen LogP contribution in [-0.2, 0) is 19.1 Å². The number of rotatable bonds is 8. The van der Waals surface area contributed by atoms with Crippen LogP contribution in [0, 0.1) is 17.8 Å². The van der Waals surface area contributed by atoms with E-state index in [9.17, 15) is 19.5 Å². The molecule has 4 aliphatic rings. The first kappa shape index (κ1) is 29.7. The predicted molar refractivity (Wildman–Crippen MR) is 163 cm³/mol. The van der Waals surface area contributed by atoms with E-state index in [1.807, 2.05) is 56.3 Å². The number of hydrogen-bond donors (Lipinski definition) is 1. The summed E-state index contributed by atoms with van der Waals surface area (Å²) in [6, 6.07) is 6.61. The molecule has 0 aliphatic carbocycles. The van der Waals surface area contributed by atoms with Gasteiger partial charge < -0.3 is 24.5 Å². The molecular weight excluding hydrogens is 538 g/mol. The van der Waals surface area contributed by atoms with Crippen molar-refractivity contribution in [2.45, 2.75) is 69.0 Å². The highest BCUT2D eigenvalue weighted by molar-refractivity contribution is 8.02. The number of carbonyl (C=O) groups is 3. The predicted octanol–water partition coefficient (Wildman–Crippen LogP) is 4.03. The van der Waals surface area contributed by atoms with E-state index in [1.165, 1.54) is 0 Å². The fourth-order valence-electron chi connectivity index (χ4n) is 7.03. The third-order valence-electron chi connectivity index (χ3n) is 9.42. The Morgan fingerprint density at radius 1 is 1.10 bits per heavy atom. The van der Waals surface area contributed by atoms with Crippen LogP contribution in [0.4, 0.5) is 11.4 Å². The molecule has 1 aromatic rings. The average Bonchev–Trinajstić information content (AvgIpc) is 3.39. The molecule has 0 radical (unpaired) electrons. The van der Waals surface area contributed by atoms with Crippen molar-refractivity contribution in [1.29, 1.82) is 0 Å². The van der Waals surface area contributed by atoms with Crippen molar-refractivity contribution in [3.05, 3.63) is 48.6 Å². The summed E-state index contributed by atoms with van der Waals surface area (Å²) in [6.07, 6.45) is 10.4. The number of thioether (sulfide) groups is 1. The summed E-state index contributed by atoms with van der Waals surface area (Å²) in [7, 11) is 0. The second-order valence-electron chi connectivity index (χ2n) is 11.5. The van der Waals surface area contributed by atoms with E-state index in [4.69, 9.17) is 4.74 Å². The lowest BCUT2D eigenvalue weighted by Crippen LogP contribution is -2.58. The molecule has 1 spiro atoms. The van der Waals surface area contributed by atoms with E-state index in [0.29, 0.717) is 13.2 Å². The molecule has 1 aromatic carbocycles. The Bertz CT molecular complexity index is 1200. The van der Waals surface area contributed by atoms with Crippen LogP contribution in [0.25, 0.3) is 0 Å². The molecule has 0 aromatic heterocycles. The van der Waals surface area contributed by atoms with Crippen molar-refractivity contribution in [2.24, 2.45) is 17.8 Å². The lowest BCUT2D eigenvalue weighted by Gasteiger charge is -2.40. The Morgan fingerprint density at radius 3 is 2.49 bits per heavy atom. The standard InChI is InChI=1S/C32H43N3O5S/c1-5-21(4)24(20-36)35-28-30(38)34(23-15-13-22(14-16-23)33(6-2)7-3)18-11-17-32(28)27(29(35)37)26-25(41-32)12-9-8-10-19-40-31(26)39/h9,11-17,21,24-28,36H,5-8,10,18-20H2,1-4H3/b12-9-/t21-,24-,25-,26+,27-,28?,32-/m0/s1. The minimum atomic E-state index is -0.942. The summed E-state index contributed by atoms with van der Waals surface area (Å²) in [5.41, 5.74) is 1.85. The number of amides is 2. The summed E-state index contributed by atoms with van der Waals surface area (Å²) in [5.74, 6) is -2.27. The van der Waals surface area contributed by atoms with Crippen LogP contribution in [0.3, 0.4) is 0 Å². The number of esters is 1. The van der Waals surface area contributed by atoms with Gasteiger partial charge in [-0.2, -0.15) is 0 Å². The van der Waals surface area contributed by atoms with Gasteiger partial charge in [0, 0.05) is 36.3 Å². The zero-order valence-electron chi connectivity index (χ0n) is 24.6. The summed E-state index contributed by atoms with van der Waals surface area (Å²) in [6.45, 7) is 10.5. The van der Waals surface area contributed by atoms with Crippen molar-refractivity contribution in [3.8, 4) is 0 Å². The number of cyclic esters (lactones) is 1. The van der Waals surface area contributed by atoms with Crippen molar-refractivity contribution >= 4 is 40.9 Å². The molecule has 8 nitrogen and oxygen atoms in total. The van der Waals surface area contributed by atoms with E-state index < -0.39 is 28.7 Å². The number of nitrogens with zero attached hydrogens (tertiary/aromatic N) is 3. The summed E-state index contributed by atoms with van der Waals surface area (Å²) < 4.78 is 4.72. The molecule has 41 heavy (non-hydrogen) atoms. The monoisotopic (exact) mass is 581 g/mol. The van der Waals surface area contributed by atoms with E-state index >= 15 is 0 Å². The first-order chi connectivity index (χ1) is 19.8. The zero-order chi connectivity index (χ0) is 29.3. The second kappa shape index (κ2) is 12.2. The summed E-state index contributed by atoms with van der Waals surface area (Å²) in [4.78, 5) is 48.3. The van der Waals surface area contributed by atoms with Crippen LogP contribution in [0.2, 0.25) is 0 Å². The molecule has 5 rings (SSSR count). The number of ether oxygens (including phenoxy) is 1. The highest BCUT2D eigenvalue weighted by Crippen LogP contribution is 2.61. The first-order valence-corrected chi connectivity index (χ1v) is 16.0. The fraction of sp³-hybridized carbons (Fsp3) is 0.594. The molecule has 9 heteroatoms. The third-order valence-corrected chi connectivity index (χ3v) is 11.2. The lowest BCUT2D eigenvalue weighted by molar-refractivity contribution is -0.153. The largest absolute Gasteiger partial charge is 0.465 e. The molecule has 0 saturated carbocycles. The molecule has 2 fully saturated rings. The van der Waals surface area contributed by atoms with E-state index in [2.05, 4.69) is 24.8 Å². The minimum absolute atomic E-state index is 0.0326. The topological polar surface area (TPSA) is 90.4 Å². The van der Waals surface area contributed by atoms with E-state index in [0.717, 1.165) is 43.7 Å². The SMILES string of the molecule is CC[C@H](C)[C@H](CO)N1C(=O)[C@@H]2[C@@H]3C(=O)OCCC/C=C\[C@@H]3S[C@@]23C=CCN(c2ccc(N(CC)CC)cc2)C(=O)C13. The highest BCUT2D eigenvalue weighted by Gasteiger charge is 2.72. The molecule has 2 amide bonds. The number of benzene rings is 1. The minimum Gasteiger partial charge on any atom is -0.465 e. The molecular formula is C32H43N3O5S. The van der Waals surface area contributed by atoms with Crippen molar-refractivity contribution in [3.63, 3.8) is 0 Å². The maximum absolute atomic E-state index is 14.7. The number of allylic oxidation sites excluding steroid dienone is 1. The van der Waals surface area contributed by atoms with Crippen LogP contribution in [0.15, 0.2) is 48.6 Å². The second-order valence-corrected chi connectivity index (χ2v) is 13.0. The highest BCUT2D eigenvalue weighted by atomic mass is 32.2. The maximum atomic E-state index is 14.7. The van der Waals surface area contributed by atoms with Crippen molar-refractivity contribution in [2.75, 3.05) is 42.6 Å². The summed E-state index contributed by atoms with van der Waals surface area (Å²) >= 11 is 1.54. The molecule has 1 unspecified atom stereocenters. The van der Waals surface area contributed by atoms with Gasteiger partial charge >= 0.3 is 5.97 Å². The van der Waals surface area contributed by atoms with Gasteiger partial charge in [0.25, 0.3) is 5.91 Å². The van der Waals surface area contributed by atoms with Crippen LogP contribution >= 0.6 is 11.8 Å². The zero-order valence-corrected chi connectivity index (χ0v) is 25.4. The Kier molecular flexibility index (Phi) is 8.85. The van der Waals surface area contributed by atoms with Gasteiger partial charge in [-0.05, 0) is 56.9 Å². The van der Waals surface area contributed by atoms with Crippen molar-refractivity contribution in [1.82, 2.24) is 4.90 Å². The number of anilines is 2. The van der Waals surface area contributed by atoms with Crippen LogP contribution < -0.4 is 9.80 Å². The Balaban J connectivity index is 1.60. The molecule has 4 aliphatic heterocycles. The van der Waals surface area contributed by atoms with Gasteiger partial charge in [-0.3, -0.25) is 14.4 Å². The number of hydrogen-bond acceptors (Lipinski definition) is 7. The van der Waals surface area contributed by atoms with Gasteiger partial charge in [-0.1, -0.05) is 44.6 Å². The molecule has 7 atom stereocenters.